The van der Waals surface area contributed by atoms with Crippen molar-refractivity contribution >= 4 is 10.0 Å². The average molecular weight is 295 g/mol. The van der Waals surface area contributed by atoms with E-state index in [2.05, 4.69) is 16.8 Å². The summed E-state index contributed by atoms with van der Waals surface area (Å²) in [7, 11) is -3.63. The molecule has 2 rings (SSSR count). The van der Waals surface area contributed by atoms with Gasteiger partial charge in [-0.15, -0.1) is 0 Å². The highest BCUT2D eigenvalue weighted by molar-refractivity contribution is 7.89. The highest BCUT2D eigenvalue weighted by Gasteiger charge is 2.29. The predicted octanol–water partition coefficient (Wildman–Crippen LogP) is -0.463. The zero-order chi connectivity index (χ0) is 14.6. The molecule has 1 aliphatic heterocycles. The number of rotatable bonds is 2. The first-order valence-corrected chi connectivity index (χ1v) is 7.80. The summed E-state index contributed by atoms with van der Waals surface area (Å²) in [5.41, 5.74) is 5.79. The van der Waals surface area contributed by atoms with Gasteiger partial charge in [-0.25, -0.2) is 8.42 Å². The van der Waals surface area contributed by atoms with Crippen LogP contribution in [-0.2, 0) is 10.0 Å². The molecule has 1 aromatic heterocycles. The summed E-state index contributed by atoms with van der Waals surface area (Å²) in [6.45, 7) is 0.744. The van der Waals surface area contributed by atoms with Crippen molar-refractivity contribution in [3.05, 3.63) is 24.0 Å². The van der Waals surface area contributed by atoms with Gasteiger partial charge in [0.25, 0.3) is 0 Å². The van der Waals surface area contributed by atoms with Crippen LogP contribution < -0.4 is 5.73 Å². The fourth-order valence-corrected chi connectivity index (χ4v) is 3.58. The predicted molar refractivity (Wildman–Crippen MR) is 74.2 cm³/mol. The van der Waals surface area contributed by atoms with E-state index in [1.807, 2.05) is 0 Å². The molecule has 1 aromatic rings. The van der Waals surface area contributed by atoms with E-state index in [1.54, 1.807) is 0 Å². The van der Waals surface area contributed by atoms with Crippen LogP contribution >= 0.6 is 0 Å². The van der Waals surface area contributed by atoms with Crippen LogP contribution in [-0.4, -0.2) is 48.6 Å². The van der Waals surface area contributed by atoms with Crippen molar-refractivity contribution in [2.24, 2.45) is 5.73 Å². The smallest absolute Gasteiger partial charge is 0.244 e. The summed E-state index contributed by atoms with van der Waals surface area (Å²) < 4.78 is 26.2. The summed E-state index contributed by atoms with van der Waals surface area (Å²) in [5, 5.41) is 9.60. The third kappa shape index (κ3) is 3.35. The molecule has 0 spiro atoms. The molecule has 2 heterocycles. The van der Waals surface area contributed by atoms with Crippen LogP contribution in [0.4, 0.5) is 0 Å². The molecular weight excluding hydrogens is 278 g/mol. The Hall–Kier alpha value is -1.46. The monoisotopic (exact) mass is 295 g/mol. The molecule has 0 aliphatic carbocycles. The molecule has 1 unspecified atom stereocenters. The summed E-state index contributed by atoms with van der Waals surface area (Å²) in [6, 6.07) is 1.48. The minimum Gasteiger partial charge on any atom is -0.392 e. The van der Waals surface area contributed by atoms with E-state index in [4.69, 9.17) is 5.73 Å². The second kappa shape index (κ2) is 6.33. The number of aliphatic hydroxyl groups is 1. The highest BCUT2D eigenvalue weighted by atomic mass is 32.2. The first kappa shape index (κ1) is 14.9. The molecule has 7 heteroatoms. The maximum absolute atomic E-state index is 12.5. The lowest BCUT2D eigenvalue weighted by atomic mass is 10.1. The van der Waals surface area contributed by atoms with Gasteiger partial charge < -0.3 is 10.8 Å². The average Bonchev–Trinajstić information content (AvgIpc) is 2.45. The van der Waals surface area contributed by atoms with Gasteiger partial charge >= 0.3 is 0 Å². The first-order chi connectivity index (χ1) is 9.54. The second-order valence-corrected chi connectivity index (χ2v) is 6.51. The van der Waals surface area contributed by atoms with Crippen LogP contribution in [0, 0.1) is 11.8 Å². The van der Waals surface area contributed by atoms with E-state index >= 15 is 0 Å². The number of sulfonamides is 1. The van der Waals surface area contributed by atoms with Crippen LogP contribution in [0.3, 0.4) is 0 Å². The van der Waals surface area contributed by atoms with E-state index in [-0.39, 0.29) is 18.0 Å². The van der Waals surface area contributed by atoms with Gasteiger partial charge in [-0.2, -0.15) is 4.31 Å². The topological polar surface area (TPSA) is 96.5 Å². The third-order valence-electron chi connectivity index (χ3n) is 3.04. The van der Waals surface area contributed by atoms with Crippen molar-refractivity contribution < 1.29 is 13.5 Å². The van der Waals surface area contributed by atoms with Crippen molar-refractivity contribution in [2.75, 3.05) is 19.6 Å². The number of hydrogen-bond donors (Lipinski definition) is 2. The fraction of sp³-hybridized carbons (Fsp3) is 0.462. The SMILES string of the molecule is NCC#Cc1cncc(S(=O)(=O)N2CCCC(O)C2)c1. The van der Waals surface area contributed by atoms with Gasteiger partial charge in [0.05, 0.1) is 12.6 Å². The van der Waals surface area contributed by atoms with Gasteiger partial charge in [0.1, 0.15) is 4.90 Å². The largest absolute Gasteiger partial charge is 0.392 e. The van der Waals surface area contributed by atoms with Crippen molar-refractivity contribution in [2.45, 2.75) is 23.8 Å². The zero-order valence-electron chi connectivity index (χ0n) is 11.0. The van der Waals surface area contributed by atoms with E-state index in [1.165, 1.54) is 22.8 Å². The molecule has 0 amide bonds. The van der Waals surface area contributed by atoms with E-state index in [0.29, 0.717) is 24.9 Å². The number of β-amino-alcohol motifs (C(OH)–C–C–N with tert-alkyl or cyclic N) is 1. The van der Waals surface area contributed by atoms with Gasteiger partial charge in [0.2, 0.25) is 10.0 Å². The number of hydrogen-bond acceptors (Lipinski definition) is 5. The first-order valence-electron chi connectivity index (χ1n) is 6.36. The van der Waals surface area contributed by atoms with Gasteiger partial charge in [-0.1, -0.05) is 11.8 Å². The zero-order valence-corrected chi connectivity index (χ0v) is 11.8. The number of nitrogens with two attached hydrogens (primary N) is 1. The summed E-state index contributed by atoms with van der Waals surface area (Å²) >= 11 is 0. The van der Waals surface area contributed by atoms with Crippen LogP contribution in [0.2, 0.25) is 0 Å². The molecule has 20 heavy (non-hydrogen) atoms. The molecule has 1 atom stereocenters. The Bertz CT molecular complexity index is 634. The molecule has 108 valence electrons. The molecule has 1 fully saturated rings. The molecule has 0 radical (unpaired) electrons. The van der Waals surface area contributed by atoms with Gasteiger partial charge in [-0.3, -0.25) is 4.98 Å². The Morgan fingerprint density at radius 2 is 2.30 bits per heavy atom. The lowest BCUT2D eigenvalue weighted by Gasteiger charge is -2.29. The highest BCUT2D eigenvalue weighted by Crippen LogP contribution is 2.20. The molecule has 0 saturated carbocycles. The number of pyridine rings is 1. The maximum atomic E-state index is 12.5. The van der Waals surface area contributed by atoms with Crippen molar-refractivity contribution in [1.82, 2.24) is 9.29 Å². The van der Waals surface area contributed by atoms with E-state index < -0.39 is 16.1 Å². The Balaban J connectivity index is 2.29. The van der Waals surface area contributed by atoms with Crippen LogP contribution in [0.25, 0.3) is 0 Å². The molecular formula is C13H17N3O3S. The Labute approximate surface area is 118 Å². The molecule has 6 nitrogen and oxygen atoms in total. The number of piperidine rings is 1. The third-order valence-corrected chi connectivity index (χ3v) is 4.88. The van der Waals surface area contributed by atoms with Gasteiger partial charge in [0, 0.05) is 31.0 Å². The van der Waals surface area contributed by atoms with Crippen LogP contribution in [0.1, 0.15) is 18.4 Å². The standard InChI is InChI=1S/C13H17N3O3S/c14-5-1-3-11-7-13(9-15-8-11)20(18,19)16-6-2-4-12(17)10-16/h7-9,12,17H,2,4-6,10,14H2. The van der Waals surface area contributed by atoms with Crippen LogP contribution in [0.15, 0.2) is 23.4 Å². The number of aromatic nitrogens is 1. The van der Waals surface area contributed by atoms with E-state index in [0.717, 1.165) is 0 Å². The van der Waals surface area contributed by atoms with Gasteiger partial charge in [-0.05, 0) is 18.9 Å². The quantitative estimate of drug-likeness (QED) is 0.720. The Morgan fingerprint density at radius 3 is 3.00 bits per heavy atom. The maximum Gasteiger partial charge on any atom is 0.244 e. The van der Waals surface area contributed by atoms with Crippen molar-refractivity contribution in [1.29, 1.82) is 0 Å². The molecule has 3 N–H and O–H groups in total. The van der Waals surface area contributed by atoms with Crippen LogP contribution in [0.5, 0.6) is 0 Å². The molecule has 0 aromatic carbocycles. The molecule has 1 saturated heterocycles. The number of nitrogens with zero attached hydrogens (tertiary/aromatic N) is 2. The Morgan fingerprint density at radius 1 is 1.50 bits per heavy atom. The fourth-order valence-electron chi connectivity index (χ4n) is 2.07. The lowest BCUT2D eigenvalue weighted by Crippen LogP contribution is -2.42. The Kier molecular flexibility index (Phi) is 4.73. The number of aliphatic hydroxyl groups excluding tert-OH is 1. The second-order valence-electron chi connectivity index (χ2n) is 4.57. The normalized spacial score (nSPS) is 20.2. The van der Waals surface area contributed by atoms with Crippen molar-refractivity contribution in [3.63, 3.8) is 0 Å². The summed E-state index contributed by atoms with van der Waals surface area (Å²) in [6.07, 6.45) is 3.47. The summed E-state index contributed by atoms with van der Waals surface area (Å²) in [4.78, 5) is 4.00. The minimum atomic E-state index is -3.63. The van der Waals surface area contributed by atoms with E-state index in [9.17, 15) is 13.5 Å². The van der Waals surface area contributed by atoms with Gasteiger partial charge in [0.15, 0.2) is 0 Å². The van der Waals surface area contributed by atoms with Crippen molar-refractivity contribution in [3.8, 4) is 11.8 Å². The molecule has 1 aliphatic rings. The molecule has 0 bridgehead atoms. The lowest BCUT2D eigenvalue weighted by molar-refractivity contribution is 0.108. The minimum absolute atomic E-state index is 0.0930. The summed E-state index contributed by atoms with van der Waals surface area (Å²) in [5.74, 6) is 5.42.